The highest BCUT2D eigenvalue weighted by atomic mass is 79.9. The van der Waals surface area contributed by atoms with Crippen molar-refractivity contribution >= 4 is 27.4 Å². The molecule has 0 saturated heterocycles. The number of nitrogens with zero attached hydrogens (tertiary/aromatic N) is 2. The van der Waals surface area contributed by atoms with E-state index in [1.165, 1.54) is 25.7 Å². The van der Waals surface area contributed by atoms with Gasteiger partial charge in [0, 0.05) is 22.3 Å². The Kier molecular flexibility index (Phi) is 5.13. The number of aliphatic hydroxyl groups is 1. The first-order valence-corrected chi connectivity index (χ1v) is 9.82. The Morgan fingerprint density at radius 3 is 2.65 bits per heavy atom. The number of fused-ring (bicyclic) bond motifs is 1. The van der Waals surface area contributed by atoms with Crippen LogP contribution in [0.1, 0.15) is 25.7 Å². The lowest BCUT2D eigenvalue weighted by atomic mass is 10.1. The molecule has 4 rings (SSSR count). The summed E-state index contributed by atoms with van der Waals surface area (Å²) in [7, 11) is 0. The molecule has 0 unspecified atom stereocenters. The second-order valence-electron chi connectivity index (χ2n) is 6.61. The molecule has 1 aliphatic rings. The van der Waals surface area contributed by atoms with Crippen molar-refractivity contribution in [2.45, 2.75) is 31.7 Å². The van der Waals surface area contributed by atoms with Gasteiger partial charge in [0.25, 0.3) is 0 Å². The molecule has 1 fully saturated rings. The van der Waals surface area contributed by atoms with Gasteiger partial charge in [0.05, 0.1) is 6.61 Å². The van der Waals surface area contributed by atoms with Gasteiger partial charge in [-0.25, -0.2) is 4.98 Å². The summed E-state index contributed by atoms with van der Waals surface area (Å²) in [4.78, 5) is 4.86. The van der Waals surface area contributed by atoms with Gasteiger partial charge in [0.2, 0.25) is 0 Å². The number of halogens is 1. The number of pyridine rings is 1. The normalized spacial score (nSPS) is 14.8. The Morgan fingerprint density at radius 1 is 1.15 bits per heavy atom. The van der Waals surface area contributed by atoms with Gasteiger partial charge in [0.1, 0.15) is 29.5 Å². The fraction of sp³-hybridized carbons (Fsp3) is 0.350. The third-order valence-electron chi connectivity index (χ3n) is 4.77. The van der Waals surface area contributed by atoms with Gasteiger partial charge in [-0.1, -0.05) is 12.8 Å². The van der Waals surface area contributed by atoms with Crippen LogP contribution in [0.5, 0.6) is 5.75 Å². The van der Waals surface area contributed by atoms with E-state index in [9.17, 15) is 0 Å². The maximum absolute atomic E-state index is 8.89. The number of nitrogens with one attached hydrogen (secondary N) is 1. The number of rotatable bonds is 6. The summed E-state index contributed by atoms with van der Waals surface area (Å²) in [6.07, 6.45) is 7.03. The van der Waals surface area contributed by atoms with Crippen LogP contribution in [0, 0.1) is 0 Å². The van der Waals surface area contributed by atoms with Gasteiger partial charge >= 0.3 is 0 Å². The van der Waals surface area contributed by atoms with Crippen LogP contribution in [0.3, 0.4) is 0 Å². The molecule has 26 heavy (non-hydrogen) atoms. The molecule has 0 aliphatic heterocycles. The van der Waals surface area contributed by atoms with E-state index >= 15 is 0 Å². The van der Waals surface area contributed by atoms with Crippen LogP contribution in [0.15, 0.2) is 47.1 Å². The number of anilines is 1. The molecule has 2 aromatic heterocycles. The quantitative estimate of drug-likeness (QED) is 0.622. The van der Waals surface area contributed by atoms with Gasteiger partial charge in [0.15, 0.2) is 0 Å². The molecule has 0 radical (unpaired) electrons. The van der Waals surface area contributed by atoms with Crippen LogP contribution in [-0.2, 0) is 0 Å². The van der Waals surface area contributed by atoms with Crippen molar-refractivity contribution in [2.75, 3.05) is 18.5 Å². The average molecular weight is 416 g/mol. The summed E-state index contributed by atoms with van der Waals surface area (Å²) >= 11 is 3.57. The average Bonchev–Trinajstić information content (AvgIpc) is 3.29. The minimum Gasteiger partial charge on any atom is -0.491 e. The lowest BCUT2D eigenvalue weighted by molar-refractivity contribution is 0.201. The SMILES string of the molecule is OCCOc1ccc(-c2nc3ccc(Br)cn3c2NC2CCCC2)cc1. The first-order chi connectivity index (χ1) is 12.7. The second-order valence-corrected chi connectivity index (χ2v) is 7.52. The molecule has 0 atom stereocenters. The molecular weight excluding hydrogens is 394 g/mol. The molecule has 1 aliphatic carbocycles. The summed E-state index contributed by atoms with van der Waals surface area (Å²) in [5.41, 5.74) is 2.91. The van der Waals surface area contributed by atoms with E-state index in [4.69, 9.17) is 14.8 Å². The highest BCUT2D eigenvalue weighted by Crippen LogP contribution is 2.33. The van der Waals surface area contributed by atoms with Crippen molar-refractivity contribution in [3.05, 3.63) is 47.1 Å². The molecular formula is C20H22BrN3O2. The third kappa shape index (κ3) is 3.57. The number of hydrogen-bond donors (Lipinski definition) is 2. The van der Waals surface area contributed by atoms with E-state index in [1.54, 1.807) is 0 Å². The molecule has 1 saturated carbocycles. The molecule has 2 N–H and O–H groups in total. The van der Waals surface area contributed by atoms with Crippen molar-refractivity contribution in [1.82, 2.24) is 9.38 Å². The molecule has 2 heterocycles. The van der Waals surface area contributed by atoms with Crippen LogP contribution >= 0.6 is 15.9 Å². The van der Waals surface area contributed by atoms with Gasteiger partial charge < -0.3 is 15.2 Å². The van der Waals surface area contributed by atoms with Crippen LogP contribution in [0.25, 0.3) is 16.9 Å². The first-order valence-electron chi connectivity index (χ1n) is 9.03. The number of hydrogen-bond acceptors (Lipinski definition) is 4. The highest BCUT2D eigenvalue weighted by molar-refractivity contribution is 9.10. The predicted octanol–water partition coefficient (Wildman–Crippen LogP) is 4.49. The van der Waals surface area contributed by atoms with E-state index in [0.29, 0.717) is 12.6 Å². The van der Waals surface area contributed by atoms with E-state index in [1.807, 2.05) is 36.4 Å². The van der Waals surface area contributed by atoms with Gasteiger partial charge in [-0.3, -0.25) is 4.40 Å². The second kappa shape index (κ2) is 7.68. The first kappa shape index (κ1) is 17.4. The number of aromatic nitrogens is 2. The Labute approximate surface area is 161 Å². The van der Waals surface area contributed by atoms with Crippen LogP contribution < -0.4 is 10.1 Å². The van der Waals surface area contributed by atoms with Crippen molar-refractivity contribution in [2.24, 2.45) is 0 Å². The molecule has 0 bridgehead atoms. The number of imidazole rings is 1. The summed E-state index contributed by atoms with van der Waals surface area (Å²) in [5.74, 6) is 1.79. The van der Waals surface area contributed by atoms with Crippen LogP contribution in [-0.4, -0.2) is 33.7 Å². The maximum Gasteiger partial charge on any atom is 0.139 e. The lowest BCUT2D eigenvalue weighted by Gasteiger charge is -2.15. The Balaban J connectivity index is 1.72. The van der Waals surface area contributed by atoms with E-state index in [0.717, 1.165) is 32.9 Å². The molecule has 136 valence electrons. The standard InChI is InChI=1S/C20H22BrN3O2/c21-15-7-10-18-23-19(14-5-8-17(9-6-14)26-12-11-25)20(24(18)13-15)22-16-3-1-2-4-16/h5-10,13,16,22,25H,1-4,11-12H2. The van der Waals surface area contributed by atoms with Crippen LogP contribution in [0.4, 0.5) is 5.82 Å². The summed E-state index contributed by atoms with van der Waals surface area (Å²) in [6, 6.07) is 12.4. The van der Waals surface area contributed by atoms with Crippen LogP contribution in [0.2, 0.25) is 0 Å². The molecule has 0 amide bonds. The van der Waals surface area contributed by atoms with E-state index in [2.05, 4.69) is 31.8 Å². The van der Waals surface area contributed by atoms with E-state index < -0.39 is 0 Å². The van der Waals surface area contributed by atoms with Crippen molar-refractivity contribution < 1.29 is 9.84 Å². The lowest BCUT2D eigenvalue weighted by Crippen LogP contribution is -2.16. The van der Waals surface area contributed by atoms with Gasteiger partial charge in [-0.2, -0.15) is 0 Å². The van der Waals surface area contributed by atoms with Crippen molar-refractivity contribution in [3.8, 4) is 17.0 Å². The minimum atomic E-state index is 0.0124. The van der Waals surface area contributed by atoms with Gasteiger partial charge in [-0.05, 0) is 65.2 Å². The number of benzene rings is 1. The largest absolute Gasteiger partial charge is 0.491 e. The smallest absolute Gasteiger partial charge is 0.139 e. The topological polar surface area (TPSA) is 58.8 Å². The minimum absolute atomic E-state index is 0.0124. The molecule has 5 nitrogen and oxygen atoms in total. The molecule has 1 aromatic carbocycles. The van der Waals surface area contributed by atoms with Gasteiger partial charge in [-0.15, -0.1) is 0 Å². The zero-order valence-electron chi connectivity index (χ0n) is 14.5. The molecule has 6 heteroatoms. The zero-order chi connectivity index (χ0) is 17.9. The molecule has 3 aromatic rings. The Morgan fingerprint density at radius 2 is 1.92 bits per heavy atom. The number of ether oxygens (including phenoxy) is 1. The Hall–Kier alpha value is -2.05. The van der Waals surface area contributed by atoms with Crippen molar-refractivity contribution in [3.63, 3.8) is 0 Å². The summed E-state index contributed by atoms with van der Waals surface area (Å²) in [5, 5.41) is 12.6. The zero-order valence-corrected chi connectivity index (χ0v) is 16.1. The third-order valence-corrected chi connectivity index (χ3v) is 5.24. The summed E-state index contributed by atoms with van der Waals surface area (Å²) in [6.45, 7) is 0.314. The monoisotopic (exact) mass is 415 g/mol. The maximum atomic E-state index is 8.89. The highest BCUT2D eigenvalue weighted by Gasteiger charge is 2.20. The number of aliphatic hydroxyl groups excluding tert-OH is 1. The summed E-state index contributed by atoms with van der Waals surface area (Å²) < 4.78 is 8.60. The van der Waals surface area contributed by atoms with E-state index in [-0.39, 0.29) is 6.61 Å². The predicted molar refractivity (Wildman–Crippen MR) is 107 cm³/mol. The molecule has 0 spiro atoms. The fourth-order valence-electron chi connectivity index (χ4n) is 3.49. The fourth-order valence-corrected chi connectivity index (χ4v) is 3.83. The Bertz CT molecular complexity index is 886. The van der Waals surface area contributed by atoms with Crippen molar-refractivity contribution in [1.29, 1.82) is 0 Å².